The van der Waals surface area contributed by atoms with Gasteiger partial charge in [0.15, 0.2) is 5.43 Å². The SMILES string of the molecule is O=C1NC(c2ccc(OCc3ccccc3)cc2)c2c1oc1ccc(Br)cc1c2=O. The first-order valence-electron chi connectivity index (χ1n) is 9.44. The fraction of sp³-hybridized carbons (Fsp3) is 0.0833. The highest BCUT2D eigenvalue weighted by Gasteiger charge is 2.35. The van der Waals surface area contributed by atoms with Gasteiger partial charge in [0, 0.05) is 4.47 Å². The summed E-state index contributed by atoms with van der Waals surface area (Å²) in [4.78, 5) is 25.6. The van der Waals surface area contributed by atoms with Gasteiger partial charge < -0.3 is 14.5 Å². The number of ether oxygens (including phenoxy) is 1. The fourth-order valence-corrected chi connectivity index (χ4v) is 3.99. The highest BCUT2D eigenvalue weighted by Crippen LogP contribution is 2.32. The Morgan fingerprint density at radius 1 is 0.967 bits per heavy atom. The lowest BCUT2D eigenvalue weighted by atomic mass is 9.99. The summed E-state index contributed by atoms with van der Waals surface area (Å²) in [6, 6.07) is 21.9. The van der Waals surface area contributed by atoms with Gasteiger partial charge in [0.1, 0.15) is 17.9 Å². The highest BCUT2D eigenvalue weighted by atomic mass is 79.9. The molecule has 6 heteroatoms. The molecule has 148 valence electrons. The number of carbonyl (C=O) groups excluding carboxylic acids is 1. The van der Waals surface area contributed by atoms with Gasteiger partial charge in [0.05, 0.1) is 17.0 Å². The van der Waals surface area contributed by atoms with Crippen LogP contribution >= 0.6 is 15.9 Å². The molecule has 30 heavy (non-hydrogen) atoms. The van der Waals surface area contributed by atoms with Crippen LogP contribution in [-0.2, 0) is 6.61 Å². The summed E-state index contributed by atoms with van der Waals surface area (Å²) in [5.74, 6) is 0.396. The third-order valence-corrected chi connectivity index (χ3v) is 5.61. The maximum Gasteiger partial charge on any atom is 0.288 e. The van der Waals surface area contributed by atoms with E-state index in [-0.39, 0.29) is 17.1 Å². The number of carbonyl (C=O) groups is 1. The van der Waals surface area contributed by atoms with Gasteiger partial charge in [-0.3, -0.25) is 9.59 Å². The lowest BCUT2D eigenvalue weighted by Crippen LogP contribution is -2.21. The lowest BCUT2D eigenvalue weighted by Gasteiger charge is -2.13. The van der Waals surface area contributed by atoms with Gasteiger partial charge in [-0.1, -0.05) is 58.4 Å². The van der Waals surface area contributed by atoms with E-state index < -0.39 is 6.04 Å². The van der Waals surface area contributed by atoms with Crippen molar-refractivity contribution in [3.8, 4) is 5.75 Å². The van der Waals surface area contributed by atoms with Crippen LogP contribution in [-0.4, -0.2) is 5.91 Å². The second-order valence-corrected chi connectivity index (χ2v) is 7.98. The fourth-order valence-electron chi connectivity index (χ4n) is 3.63. The van der Waals surface area contributed by atoms with Crippen molar-refractivity contribution in [2.75, 3.05) is 0 Å². The monoisotopic (exact) mass is 461 g/mol. The summed E-state index contributed by atoms with van der Waals surface area (Å²) in [7, 11) is 0. The molecule has 5 nitrogen and oxygen atoms in total. The Hall–Kier alpha value is -3.38. The number of benzene rings is 3. The van der Waals surface area contributed by atoms with Gasteiger partial charge >= 0.3 is 0 Å². The molecule has 0 spiro atoms. The lowest BCUT2D eigenvalue weighted by molar-refractivity contribution is 0.0938. The van der Waals surface area contributed by atoms with E-state index in [0.717, 1.165) is 15.6 Å². The minimum atomic E-state index is -0.560. The minimum absolute atomic E-state index is 0.0734. The molecule has 5 rings (SSSR count). The quantitative estimate of drug-likeness (QED) is 0.465. The summed E-state index contributed by atoms with van der Waals surface area (Å²) >= 11 is 3.38. The van der Waals surface area contributed by atoms with Gasteiger partial charge in [0.25, 0.3) is 5.91 Å². The Morgan fingerprint density at radius 2 is 1.73 bits per heavy atom. The second-order valence-electron chi connectivity index (χ2n) is 7.06. The number of hydrogen-bond acceptors (Lipinski definition) is 4. The Kier molecular flexibility index (Phi) is 4.64. The van der Waals surface area contributed by atoms with Crippen LogP contribution in [0.4, 0.5) is 0 Å². The van der Waals surface area contributed by atoms with Crippen LogP contribution in [0.5, 0.6) is 5.75 Å². The van der Waals surface area contributed by atoms with Crippen molar-refractivity contribution in [1.82, 2.24) is 5.32 Å². The second kappa shape index (κ2) is 7.46. The normalized spacial score (nSPS) is 15.1. The van der Waals surface area contributed by atoms with Gasteiger partial charge in [-0.2, -0.15) is 0 Å². The molecule has 1 unspecified atom stereocenters. The van der Waals surface area contributed by atoms with Crippen LogP contribution in [0.2, 0.25) is 0 Å². The van der Waals surface area contributed by atoms with Gasteiger partial charge in [-0.25, -0.2) is 0 Å². The van der Waals surface area contributed by atoms with E-state index in [1.54, 1.807) is 18.2 Å². The van der Waals surface area contributed by atoms with Crippen LogP contribution in [0.25, 0.3) is 11.0 Å². The molecular weight excluding hydrogens is 446 g/mol. The first-order valence-corrected chi connectivity index (χ1v) is 10.2. The van der Waals surface area contributed by atoms with Crippen molar-refractivity contribution >= 4 is 32.8 Å². The Balaban J connectivity index is 1.46. The van der Waals surface area contributed by atoms with Crippen molar-refractivity contribution in [3.63, 3.8) is 0 Å². The standard InChI is InChI=1S/C24H16BrNO4/c25-16-8-11-19-18(12-16)22(27)20-21(26-24(28)23(20)30-19)15-6-9-17(10-7-15)29-13-14-4-2-1-3-5-14/h1-12,21H,13H2,(H,26,28). The summed E-state index contributed by atoms with van der Waals surface area (Å²) in [6.07, 6.45) is 0. The number of amides is 1. The zero-order valence-corrected chi connectivity index (χ0v) is 17.3. The molecule has 3 aromatic carbocycles. The summed E-state index contributed by atoms with van der Waals surface area (Å²) in [5, 5.41) is 3.30. The molecule has 0 bridgehead atoms. The maximum atomic E-state index is 13.1. The predicted molar refractivity (Wildman–Crippen MR) is 117 cm³/mol. The van der Waals surface area contributed by atoms with E-state index in [1.807, 2.05) is 54.6 Å². The molecule has 1 atom stereocenters. The molecular formula is C24H16BrNO4. The van der Waals surface area contributed by atoms with E-state index in [1.165, 1.54) is 0 Å². The maximum absolute atomic E-state index is 13.1. The zero-order valence-electron chi connectivity index (χ0n) is 15.7. The molecule has 1 N–H and O–H groups in total. The number of rotatable bonds is 4. The molecule has 1 aromatic heterocycles. The zero-order chi connectivity index (χ0) is 20.7. The van der Waals surface area contributed by atoms with Gasteiger partial charge in [0.2, 0.25) is 5.76 Å². The van der Waals surface area contributed by atoms with Gasteiger partial charge in [-0.15, -0.1) is 0 Å². The smallest absolute Gasteiger partial charge is 0.288 e. The number of halogens is 1. The van der Waals surface area contributed by atoms with Crippen molar-refractivity contribution in [3.05, 3.63) is 110 Å². The van der Waals surface area contributed by atoms with E-state index in [2.05, 4.69) is 21.2 Å². The van der Waals surface area contributed by atoms with Crippen molar-refractivity contribution < 1.29 is 13.9 Å². The van der Waals surface area contributed by atoms with Crippen LogP contribution in [0.1, 0.15) is 33.3 Å². The number of hydrogen-bond donors (Lipinski definition) is 1. The molecule has 0 radical (unpaired) electrons. The van der Waals surface area contributed by atoms with E-state index >= 15 is 0 Å². The molecule has 1 aliphatic rings. The third-order valence-electron chi connectivity index (χ3n) is 5.12. The Labute approximate surface area is 180 Å². The van der Waals surface area contributed by atoms with Crippen LogP contribution in [0.15, 0.2) is 86.5 Å². The van der Waals surface area contributed by atoms with Crippen molar-refractivity contribution in [1.29, 1.82) is 0 Å². The Morgan fingerprint density at radius 3 is 2.50 bits per heavy atom. The molecule has 0 saturated heterocycles. The van der Waals surface area contributed by atoms with E-state index in [9.17, 15) is 9.59 Å². The van der Waals surface area contributed by atoms with Crippen molar-refractivity contribution in [2.45, 2.75) is 12.6 Å². The van der Waals surface area contributed by atoms with Crippen LogP contribution in [0.3, 0.4) is 0 Å². The van der Waals surface area contributed by atoms with E-state index in [0.29, 0.717) is 28.9 Å². The third kappa shape index (κ3) is 3.29. The average Bonchev–Trinajstić information content (AvgIpc) is 3.11. The van der Waals surface area contributed by atoms with E-state index in [4.69, 9.17) is 9.15 Å². The van der Waals surface area contributed by atoms with Crippen LogP contribution in [0, 0.1) is 0 Å². The first kappa shape index (κ1) is 18.6. The molecule has 1 aliphatic heterocycles. The Bertz CT molecular complexity index is 1310. The molecule has 4 aromatic rings. The summed E-state index contributed by atoms with van der Waals surface area (Å²) < 4.78 is 12.4. The molecule has 0 fully saturated rings. The predicted octanol–water partition coefficient (Wildman–Crippen LogP) is 4.97. The number of nitrogens with one attached hydrogen (secondary N) is 1. The molecule has 0 aliphatic carbocycles. The topological polar surface area (TPSA) is 68.5 Å². The van der Waals surface area contributed by atoms with Crippen LogP contribution < -0.4 is 15.5 Å². The minimum Gasteiger partial charge on any atom is -0.489 e. The van der Waals surface area contributed by atoms with Gasteiger partial charge in [-0.05, 0) is 41.5 Å². The average molecular weight is 462 g/mol. The summed E-state index contributed by atoms with van der Waals surface area (Å²) in [5.41, 5.74) is 2.39. The molecule has 0 saturated carbocycles. The largest absolute Gasteiger partial charge is 0.489 e. The first-order chi connectivity index (χ1) is 14.6. The molecule has 1 amide bonds. The molecule has 2 heterocycles. The summed E-state index contributed by atoms with van der Waals surface area (Å²) in [6.45, 7) is 0.466. The van der Waals surface area contributed by atoms with Crippen molar-refractivity contribution in [2.24, 2.45) is 0 Å². The number of fused-ring (bicyclic) bond motifs is 2. The highest BCUT2D eigenvalue weighted by molar-refractivity contribution is 9.10.